The Bertz CT molecular complexity index is 404. The molecule has 5 nitrogen and oxygen atoms in total. The SMILES string of the molecule is CCN(Cc1cccc([N+](=O)[O-])c1)C1CNC1. The van der Waals surface area contributed by atoms with Crippen LogP contribution in [0.5, 0.6) is 0 Å². The second-order valence-electron chi connectivity index (χ2n) is 4.30. The average molecular weight is 235 g/mol. The van der Waals surface area contributed by atoms with Gasteiger partial charge in [0.2, 0.25) is 0 Å². The molecule has 5 heteroatoms. The highest BCUT2D eigenvalue weighted by molar-refractivity contribution is 5.34. The summed E-state index contributed by atoms with van der Waals surface area (Å²) in [5.41, 5.74) is 1.18. The van der Waals surface area contributed by atoms with Gasteiger partial charge < -0.3 is 5.32 Å². The number of nitrogens with zero attached hydrogens (tertiary/aromatic N) is 2. The van der Waals surface area contributed by atoms with E-state index in [2.05, 4.69) is 17.1 Å². The molecule has 0 saturated carbocycles. The predicted octanol–water partition coefficient (Wildman–Crippen LogP) is 1.39. The van der Waals surface area contributed by atoms with Crippen LogP contribution in [0.25, 0.3) is 0 Å². The van der Waals surface area contributed by atoms with Gasteiger partial charge in [-0.3, -0.25) is 15.0 Å². The van der Waals surface area contributed by atoms with Crippen molar-refractivity contribution in [1.82, 2.24) is 10.2 Å². The van der Waals surface area contributed by atoms with Crippen LogP contribution in [0.4, 0.5) is 5.69 Å². The molecule has 92 valence electrons. The highest BCUT2D eigenvalue weighted by atomic mass is 16.6. The van der Waals surface area contributed by atoms with Crippen molar-refractivity contribution in [2.45, 2.75) is 19.5 Å². The summed E-state index contributed by atoms with van der Waals surface area (Å²) < 4.78 is 0. The van der Waals surface area contributed by atoms with E-state index in [1.54, 1.807) is 12.1 Å². The molecular weight excluding hydrogens is 218 g/mol. The lowest BCUT2D eigenvalue weighted by molar-refractivity contribution is -0.384. The molecule has 17 heavy (non-hydrogen) atoms. The van der Waals surface area contributed by atoms with E-state index < -0.39 is 0 Å². The molecule has 0 bridgehead atoms. The van der Waals surface area contributed by atoms with E-state index in [0.29, 0.717) is 6.04 Å². The van der Waals surface area contributed by atoms with Crippen LogP contribution >= 0.6 is 0 Å². The highest BCUT2D eigenvalue weighted by Gasteiger charge is 2.23. The zero-order chi connectivity index (χ0) is 12.3. The largest absolute Gasteiger partial charge is 0.314 e. The molecular formula is C12H17N3O2. The minimum Gasteiger partial charge on any atom is -0.314 e. The number of hydrogen-bond donors (Lipinski definition) is 1. The first-order valence-corrected chi connectivity index (χ1v) is 5.89. The van der Waals surface area contributed by atoms with Gasteiger partial charge in [0.1, 0.15) is 0 Å². The van der Waals surface area contributed by atoms with Crippen molar-refractivity contribution in [2.75, 3.05) is 19.6 Å². The number of benzene rings is 1. The zero-order valence-electron chi connectivity index (χ0n) is 9.93. The molecule has 0 unspecified atom stereocenters. The first-order chi connectivity index (χ1) is 8.20. The Hall–Kier alpha value is -1.46. The minimum atomic E-state index is -0.343. The summed E-state index contributed by atoms with van der Waals surface area (Å²) in [6.07, 6.45) is 0. The van der Waals surface area contributed by atoms with Crippen LogP contribution in [-0.2, 0) is 6.54 Å². The van der Waals surface area contributed by atoms with Gasteiger partial charge in [-0.05, 0) is 12.1 Å². The Morgan fingerprint density at radius 3 is 2.82 bits per heavy atom. The van der Waals surface area contributed by atoms with Crippen molar-refractivity contribution in [3.63, 3.8) is 0 Å². The Labute approximate surface area is 101 Å². The Morgan fingerprint density at radius 1 is 1.53 bits per heavy atom. The first kappa shape index (κ1) is 12.0. The van der Waals surface area contributed by atoms with E-state index >= 15 is 0 Å². The van der Waals surface area contributed by atoms with Crippen molar-refractivity contribution < 1.29 is 4.92 Å². The molecule has 1 fully saturated rings. The molecule has 1 heterocycles. The minimum absolute atomic E-state index is 0.172. The molecule has 0 amide bonds. The number of hydrogen-bond acceptors (Lipinski definition) is 4. The molecule has 1 aliphatic rings. The molecule has 0 spiro atoms. The molecule has 0 radical (unpaired) electrons. The molecule has 0 aliphatic carbocycles. The van der Waals surface area contributed by atoms with E-state index in [9.17, 15) is 10.1 Å². The van der Waals surface area contributed by atoms with E-state index in [1.165, 1.54) is 6.07 Å². The molecule has 1 aromatic carbocycles. The van der Waals surface area contributed by atoms with Crippen molar-refractivity contribution in [3.05, 3.63) is 39.9 Å². The monoisotopic (exact) mass is 235 g/mol. The molecule has 1 aromatic rings. The van der Waals surface area contributed by atoms with Gasteiger partial charge in [-0.15, -0.1) is 0 Å². The van der Waals surface area contributed by atoms with E-state index in [0.717, 1.165) is 31.7 Å². The quantitative estimate of drug-likeness (QED) is 0.619. The van der Waals surface area contributed by atoms with Gasteiger partial charge in [-0.2, -0.15) is 0 Å². The van der Waals surface area contributed by atoms with Gasteiger partial charge in [0.15, 0.2) is 0 Å². The van der Waals surface area contributed by atoms with Crippen LogP contribution in [0, 0.1) is 10.1 Å². The third-order valence-electron chi connectivity index (χ3n) is 3.19. The fraction of sp³-hybridized carbons (Fsp3) is 0.500. The summed E-state index contributed by atoms with van der Waals surface area (Å²) >= 11 is 0. The standard InChI is InChI=1S/C12H17N3O2/c1-2-14(12-7-13-8-12)9-10-4-3-5-11(6-10)15(16)17/h3-6,12-13H,2,7-9H2,1H3. The van der Waals surface area contributed by atoms with Crippen molar-refractivity contribution in [3.8, 4) is 0 Å². The second-order valence-corrected chi connectivity index (χ2v) is 4.30. The Balaban J connectivity index is 2.05. The fourth-order valence-electron chi connectivity index (χ4n) is 2.03. The summed E-state index contributed by atoms with van der Waals surface area (Å²) in [4.78, 5) is 12.7. The van der Waals surface area contributed by atoms with E-state index in [-0.39, 0.29) is 10.6 Å². The second kappa shape index (κ2) is 5.25. The molecule has 1 N–H and O–H groups in total. The van der Waals surface area contributed by atoms with E-state index in [1.807, 2.05) is 6.07 Å². The number of nitrogens with one attached hydrogen (secondary N) is 1. The topological polar surface area (TPSA) is 58.4 Å². The van der Waals surface area contributed by atoms with Crippen LogP contribution in [-0.4, -0.2) is 35.5 Å². The summed E-state index contributed by atoms with van der Waals surface area (Å²) in [6.45, 7) is 5.90. The number of nitro groups is 1. The van der Waals surface area contributed by atoms with Crippen molar-refractivity contribution in [2.24, 2.45) is 0 Å². The zero-order valence-corrected chi connectivity index (χ0v) is 9.93. The van der Waals surface area contributed by atoms with Gasteiger partial charge in [0, 0.05) is 37.8 Å². The predicted molar refractivity (Wildman–Crippen MR) is 65.8 cm³/mol. The van der Waals surface area contributed by atoms with Crippen molar-refractivity contribution >= 4 is 5.69 Å². The third-order valence-corrected chi connectivity index (χ3v) is 3.19. The fourth-order valence-corrected chi connectivity index (χ4v) is 2.03. The van der Waals surface area contributed by atoms with E-state index in [4.69, 9.17) is 0 Å². The normalized spacial score (nSPS) is 15.9. The average Bonchev–Trinajstić information content (AvgIpc) is 2.26. The van der Waals surface area contributed by atoms with Gasteiger partial charge in [-0.25, -0.2) is 0 Å². The van der Waals surface area contributed by atoms with Crippen LogP contribution in [0.2, 0.25) is 0 Å². The van der Waals surface area contributed by atoms with Crippen LogP contribution < -0.4 is 5.32 Å². The molecule has 1 saturated heterocycles. The van der Waals surface area contributed by atoms with Gasteiger partial charge in [0.05, 0.1) is 4.92 Å². The highest BCUT2D eigenvalue weighted by Crippen LogP contribution is 2.16. The maximum Gasteiger partial charge on any atom is 0.269 e. The maximum atomic E-state index is 10.7. The van der Waals surface area contributed by atoms with Crippen LogP contribution in [0.15, 0.2) is 24.3 Å². The summed E-state index contributed by atoms with van der Waals surface area (Å²) in [5.74, 6) is 0. The van der Waals surface area contributed by atoms with Gasteiger partial charge in [-0.1, -0.05) is 19.1 Å². The first-order valence-electron chi connectivity index (χ1n) is 5.89. The molecule has 2 rings (SSSR count). The number of likely N-dealkylation sites (N-methyl/N-ethyl adjacent to an activating group) is 1. The van der Waals surface area contributed by atoms with Crippen molar-refractivity contribution in [1.29, 1.82) is 0 Å². The molecule has 0 atom stereocenters. The third kappa shape index (κ3) is 2.81. The lowest BCUT2D eigenvalue weighted by Crippen LogP contribution is -2.56. The smallest absolute Gasteiger partial charge is 0.269 e. The van der Waals surface area contributed by atoms with Crippen LogP contribution in [0.3, 0.4) is 0 Å². The lowest BCUT2D eigenvalue weighted by atomic mass is 10.1. The van der Waals surface area contributed by atoms with Gasteiger partial charge in [0.25, 0.3) is 5.69 Å². The summed E-state index contributed by atoms with van der Waals surface area (Å²) in [5, 5.41) is 13.9. The Kier molecular flexibility index (Phi) is 3.71. The number of non-ortho nitro benzene ring substituents is 1. The van der Waals surface area contributed by atoms with Gasteiger partial charge >= 0.3 is 0 Å². The number of rotatable bonds is 5. The number of nitro benzene ring substituents is 1. The lowest BCUT2D eigenvalue weighted by Gasteiger charge is -2.37. The molecule has 1 aliphatic heterocycles. The summed E-state index contributed by atoms with van der Waals surface area (Å²) in [7, 11) is 0. The summed E-state index contributed by atoms with van der Waals surface area (Å²) in [6, 6.07) is 7.46. The van der Waals surface area contributed by atoms with Crippen LogP contribution in [0.1, 0.15) is 12.5 Å². The Morgan fingerprint density at radius 2 is 2.29 bits per heavy atom. The molecule has 0 aromatic heterocycles. The maximum absolute atomic E-state index is 10.7.